The Morgan fingerprint density at radius 3 is 2.45 bits per heavy atom. The van der Waals surface area contributed by atoms with E-state index in [1.807, 2.05) is 0 Å². The summed E-state index contributed by atoms with van der Waals surface area (Å²) in [5.41, 5.74) is -1.06. The molecule has 0 spiro atoms. The third-order valence-corrected chi connectivity index (χ3v) is 2.96. The lowest BCUT2D eigenvalue weighted by molar-refractivity contribution is 0.0914. The average Bonchev–Trinajstić information content (AvgIpc) is 2.50. The molecule has 3 N–H and O–H groups in total. The summed E-state index contributed by atoms with van der Waals surface area (Å²) < 4.78 is 39.3. The van der Waals surface area contributed by atoms with Gasteiger partial charge in [0, 0.05) is 6.20 Å². The van der Waals surface area contributed by atoms with E-state index in [1.165, 1.54) is 18.3 Å². The van der Waals surface area contributed by atoms with Gasteiger partial charge >= 0.3 is 0 Å². The molecular formula is C14H11F3N2O3. The van der Waals surface area contributed by atoms with Gasteiger partial charge < -0.3 is 15.4 Å². The first-order valence-corrected chi connectivity index (χ1v) is 6.18. The molecule has 1 aromatic heterocycles. The highest BCUT2D eigenvalue weighted by Crippen LogP contribution is 2.19. The van der Waals surface area contributed by atoms with Crippen LogP contribution in [0.4, 0.5) is 13.2 Å². The molecule has 0 aliphatic carbocycles. The average molecular weight is 312 g/mol. The highest BCUT2D eigenvalue weighted by atomic mass is 19.2. The number of aromatic nitrogens is 1. The lowest BCUT2D eigenvalue weighted by Gasteiger charge is -2.17. The number of pyridine rings is 1. The second-order valence-corrected chi connectivity index (χ2v) is 4.42. The van der Waals surface area contributed by atoms with Gasteiger partial charge in [0.25, 0.3) is 11.5 Å². The van der Waals surface area contributed by atoms with Gasteiger partial charge in [0.15, 0.2) is 17.5 Å². The summed E-state index contributed by atoms with van der Waals surface area (Å²) in [7, 11) is 0. The van der Waals surface area contributed by atoms with Crippen molar-refractivity contribution in [3.63, 3.8) is 0 Å². The molecule has 0 aliphatic rings. The summed E-state index contributed by atoms with van der Waals surface area (Å²) in [5.74, 6) is -5.38. The van der Waals surface area contributed by atoms with E-state index >= 15 is 0 Å². The van der Waals surface area contributed by atoms with E-state index in [1.54, 1.807) is 0 Å². The van der Waals surface area contributed by atoms with Crippen LogP contribution in [-0.4, -0.2) is 22.6 Å². The predicted molar refractivity (Wildman–Crippen MR) is 70.7 cm³/mol. The van der Waals surface area contributed by atoms with Crippen molar-refractivity contribution in [3.05, 3.63) is 69.4 Å². The summed E-state index contributed by atoms with van der Waals surface area (Å²) in [6.45, 7) is -0.693. The molecule has 1 atom stereocenters. The van der Waals surface area contributed by atoms with E-state index in [-0.39, 0.29) is 11.1 Å². The fraction of sp³-hybridized carbons (Fsp3) is 0.143. The van der Waals surface area contributed by atoms with Crippen molar-refractivity contribution >= 4 is 5.91 Å². The van der Waals surface area contributed by atoms with E-state index in [2.05, 4.69) is 10.3 Å². The van der Waals surface area contributed by atoms with Gasteiger partial charge in [-0.05, 0) is 29.8 Å². The second kappa shape index (κ2) is 6.44. The van der Waals surface area contributed by atoms with Crippen LogP contribution in [0.15, 0.2) is 35.3 Å². The van der Waals surface area contributed by atoms with E-state index in [4.69, 9.17) is 0 Å². The molecule has 0 saturated heterocycles. The number of aromatic amines is 1. The number of nitrogens with one attached hydrogen (secondary N) is 2. The minimum atomic E-state index is -1.65. The molecule has 8 heteroatoms. The van der Waals surface area contributed by atoms with E-state index in [0.717, 1.165) is 0 Å². The number of H-pyrrole nitrogens is 1. The van der Waals surface area contributed by atoms with Crippen molar-refractivity contribution in [2.75, 3.05) is 6.61 Å². The molecule has 1 aromatic carbocycles. The Balaban J connectivity index is 2.28. The minimum Gasteiger partial charge on any atom is -0.394 e. The van der Waals surface area contributed by atoms with Crippen LogP contribution in [0.5, 0.6) is 0 Å². The Morgan fingerprint density at radius 2 is 1.91 bits per heavy atom. The standard InChI is InChI=1S/C14H11F3N2O3/c15-9-4-7(5-10(16)12(9)17)11(6-20)19-14(22)8-2-1-3-18-13(8)21/h1-5,11,20H,6H2,(H,18,21)(H,19,22). The molecule has 1 heterocycles. The van der Waals surface area contributed by atoms with Crippen molar-refractivity contribution in [1.82, 2.24) is 10.3 Å². The molecule has 0 radical (unpaired) electrons. The Hall–Kier alpha value is -2.61. The predicted octanol–water partition coefficient (Wildman–Crippen LogP) is 1.26. The van der Waals surface area contributed by atoms with Gasteiger partial charge in [-0.2, -0.15) is 0 Å². The SMILES string of the molecule is O=C(NC(CO)c1cc(F)c(F)c(F)c1)c1ccc[nH]c1=O. The number of amides is 1. The van der Waals surface area contributed by atoms with E-state index in [0.29, 0.717) is 12.1 Å². The molecule has 0 aliphatic heterocycles. The van der Waals surface area contributed by atoms with Gasteiger partial charge in [0.1, 0.15) is 5.56 Å². The van der Waals surface area contributed by atoms with Crippen molar-refractivity contribution < 1.29 is 23.1 Å². The molecule has 0 saturated carbocycles. The van der Waals surface area contributed by atoms with Crippen LogP contribution in [0.3, 0.4) is 0 Å². The third kappa shape index (κ3) is 3.17. The Bertz CT molecular complexity index is 738. The lowest BCUT2D eigenvalue weighted by Crippen LogP contribution is -2.34. The fourth-order valence-electron chi connectivity index (χ4n) is 1.85. The third-order valence-electron chi connectivity index (χ3n) is 2.96. The lowest BCUT2D eigenvalue weighted by atomic mass is 10.1. The first-order valence-electron chi connectivity index (χ1n) is 6.18. The Kier molecular flexibility index (Phi) is 4.62. The van der Waals surface area contributed by atoms with Crippen molar-refractivity contribution in [1.29, 1.82) is 0 Å². The molecule has 2 aromatic rings. The Labute approximate surface area is 122 Å². The van der Waals surface area contributed by atoms with Gasteiger partial charge in [-0.15, -0.1) is 0 Å². The molecule has 5 nitrogen and oxygen atoms in total. The first kappa shape index (κ1) is 15.8. The van der Waals surface area contributed by atoms with Crippen LogP contribution in [0.1, 0.15) is 22.0 Å². The summed E-state index contributed by atoms with van der Waals surface area (Å²) in [6.07, 6.45) is 1.33. The molecule has 116 valence electrons. The molecule has 2 rings (SSSR count). The topological polar surface area (TPSA) is 82.2 Å². The first-order chi connectivity index (χ1) is 10.4. The van der Waals surface area contributed by atoms with E-state index < -0.39 is 41.6 Å². The van der Waals surface area contributed by atoms with Gasteiger partial charge in [0.05, 0.1) is 12.6 Å². The number of benzene rings is 1. The number of rotatable bonds is 4. The second-order valence-electron chi connectivity index (χ2n) is 4.42. The summed E-state index contributed by atoms with van der Waals surface area (Å²) in [6, 6.07) is 2.79. The fourth-order valence-corrected chi connectivity index (χ4v) is 1.85. The van der Waals surface area contributed by atoms with Crippen molar-refractivity contribution in [2.45, 2.75) is 6.04 Å². The molecule has 22 heavy (non-hydrogen) atoms. The number of carbonyl (C=O) groups excluding carboxylic acids is 1. The monoisotopic (exact) mass is 312 g/mol. The highest BCUT2D eigenvalue weighted by Gasteiger charge is 2.20. The zero-order valence-corrected chi connectivity index (χ0v) is 11.1. The van der Waals surface area contributed by atoms with Crippen molar-refractivity contribution in [3.8, 4) is 0 Å². The minimum absolute atomic E-state index is 0.167. The number of hydrogen-bond donors (Lipinski definition) is 3. The van der Waals surface area contributed by atoms with Gasteiger partial charge in [-0.3, -0.25) is 9.59 Å². The normalized spacial score (nSPS) is 12.0. The number of halogens is 3. The Morgan fingerprint density at radius 1 is 1.27 bits per heavy atom. The van der Waals surface area contributed by atoms with Crippen LogP contribution < -0.4 is 10.9 Å². The zero-order chi connectivity index (χ0) is 16.3. The summed E-state index contributed by atoms with van der Waals surface area (Å²) in [4.78, 5) is 25.7. The van der Waals surface area contributed by atoms with Crippen LogP contribution >= 0.6 is 0 Å². The van der Waals surface area contributed by atoms with Crippen LogP contribution in [0.25, 0.3) is 0 Å². The van der Waals surface area contributed by atoms with Crippen LogP contribution in [-0.2, 0) is 0 Å². The quantitative estimate of drug-likeness (QED) is 0.743. The van der Waals surface area contributed by atoms with E-state index in [9.17, 15) is 27.9 Å². The molecule has 0 bridgehead atoms. The van der Waals surface area contributed by atoms with Gasteiger partial charge in [0.2, 0.25) is 0 Å². The maximum Gasteiger partial charge on any atom is 0.260 e. The largest absolute Gasteiger partial charge is 0.394 e. The van der Waals surface area contributed by atoms with Crippen molar-refractivity contribution in [2.24, 2.45) is 0 Å². The smallest absolute Gasteiger partial charge is 0.260 e. The number of hydrogen-bond acceptors (Lipinski definition) is 3. The summed E-state index contributed by atoms with van der Waals surface area (Å²) in [5, 5.41) is 11.5. The molecule has 0 fully saturated rings. The molecule has 1 unspecified atom stereocenters. The number of carbonyl (C=O) groups is 1. The number of aliphatic hydroxyl groups excluding tert-OH is 1. The van der Waals surface area contributed by atoms with Crippen LogP contribution in [0, 0.1) is 17.5 Å². The highest BCUT2D eigenvalue weighted by molar-refractivity contribution is 5.94. The maximum absolute atomic E-state index is 13.2. The van der Waals surface area contributed by atoms with Crippen LogP contribution in [0.2, 0.25) is 0 Å². The zero-order valence-electron chi connectivity index (χ0n) is 11.1. The molecule has 1 amide bonds. The molecular weight excluding hydrogens is 301 g/mol. The maximum atomic E-state index is 13.2. The van der Waals surface area contributed by atoms with Gasteiger partial charge in [-0.25, -0.2) is 13.2 Å². The summed E-state index contributed by atoms with van der Waals surface area (Å²) >= 11 is 0. The number of aliphatic hydroxyl groups is 1. The van der Waals surface area contributed by atoms with Gasteiger partial charge in [-0.1, -0.05) is 0 Å².